The van der Waals surface area contributed by atoms with E-state index in [1.807, 2.05) is 73.7 Å². The average Bonchev–Trinajstić information content (AvgIpc) is 3.04. The lowest BCUT2D eigenvalue weighted by Gasteiger charge is -2.34. The molecule has 4 aromatic carbocycles. The molecule has 0 saturated carbocycles. The minimum atomic E-state index is -3.71. The number of amides is 1. The van der Waals surface area contributed by atoms with Gasteiger partial charge in [-0.3, -0.25) is 24.1 Å². The summed E-state index contributed by atoms with van der Waals surface area (Å²) >= 11 is 0. The molecule has 0 unspecified atom stereocenters. The second kappa shape index (κ2) is 28.7. The predicted octanol–water partition coefficient (Wildman–Crippen LogP) is 8.24. The lowest BCUT2D eigenvalue weighted by Crippen LogP contribution is -2.45. The first-order valence-corrected chi connectivity index (χ1v) is 29.4. The molecular formula is C65H74F2N16O5. The summed E-state index contributed by atoms with van der Waals surface area (Å²) in [6.45, 7) is 17.6. The van der Waals surface area contributed by atoms with E-state index in [0.29, 0.717) is 21.8 Å². The maximum absolute atomic E-state index is 13.7. The number of anilines is 5. The first-order chi connectivity index (χ1) is 42.6. The Balaban J connectivity index is 0.000000154. The van der Waals surface area contributed by atoms with Crippen LogP contribution in [0.25, 0.3) is 33.5 Å². The average molecular weight is 1200 g/mol. The summed E-state index contributed by atoms with van der Waals surface area (Å²) in [5.41, 5.74) is 15.9. The number of alkyl halides is 2. The zero-order valence-corrected chi connectivity index (χ0v) is 49.7. The van der Waals surface area contributed by atoms with E-state index in [0.717, 1.165) is 122 Å². The van der Waals surface area contributed by atoms with E-state index < -0.39 is 36.7 Å². The van der Waals surface area contributed by atoms with Gasteiger partial charge in [-0.1, -0.05) is 79.7 Å². The van der Waals surface area contributed by atoms with Crippen LogP contribution in [0.4, 0.5) is 37.7 Å². The molecule has 8 heterocycles. The number of carbonyl (C=O) groups is 1. The van der Waals surface area contributed by atoms with E-state index in [1.165, 1.54) is 29.8 Å². The van der Waals surface area contributed by atoms with Crippen molar-refractivity contribution >= 4 is 45.9 Å². The smallest absolute Gasteiger partial charge is 0.351 e. The molecule has 3 fully saturated rings. The van der Waals surface area contributed by atoms with Crippen molar-refractivity contribution in [1.82, 2.24) is 59.1 Å². The Bertz CT molecular complexity index is 3790. The molecule has 3 aliphatic heterocycles. The summed E-state index contributed by atoms with van der Waals surface area (Å²) in [5, 5.41) is 29.0. The Morgan fingerprint density at radius 3 is 2.16 bits per heavy atom. The van der Waals surface area contributed by atoms with Gasteiger partial charge in [0.15, 0.2) is 6.10 Å². The Kier molecular flexibility index (Phi) is 20.3. The van der Waals surface area contributed by atoms with Gasteiger partial charge in [0, 0.05) is 124 Å². The quantitative estimate of drug-likeness (QED) is 0.0481. The van der Waals surface area contributed by atoms with Gasteiger partial charge in [-0.2, -0.15) is 13.8 Å². The number of likely N-dealkylation sites (N-methyl/N-ethyl adjacent to an activating group) is 2. The van der Waals surface area contributed by atoms with Gasteiger partial charge >= 0.3 is 11.6 Å². The van der Waals surface area contributed by atoms with Gasteiger partial charge in [0.25, 0.3) is 5.91 Å². The molecule has 5 aromatic heterocycles. The van der Waals surface area contributed by atoms with Crippen LogP contribution in [0.3, 0.4) is 0 Å². The SMILES string of the molecule is CCN1CCN(Cc2ccc(-c3cc4c(N[C@H](C)c5ccccc5)ncnc4[nH]3)cc2)CC1.Cc1ccc(NC(=O)c2ccc(CN3CCN(C)CC3)cc2)cc1Nc1nccc(-c2cccnc2)n1.Nc1ccn([C@@H]2O[C@H](CO)[C@@H](O)C2(F)F)c(=O)n1. The van der Waals surface area contributed by atoms with Crippen molar-refractivity contribution in [2.45, 2.75) is 64.3 Å². The topological polar surface area (TPSA) is 257 Å². The number of aromatic amines is 1. The molecule has 8 N–H and O–H groups in total. The van der Waals surface area contributed by atoms with Gasteiger partial charge in [0.05, 0.1) is 17.7 Å². The predicted molar refractivity (Wildman–Crippen MR) is 337 cm³/mol. The zero-order chi connectivity index (χ0) is 61.7. The molecule has 0 spiro atoms. The van der Waals surface area contributed by atoms with Crippen LogP contribution in [0.2, 0.25) is 0 Å². The third-order valence-electron chi connectivity index (χ3n) is 15.9. The van der Waals surface area contributed by atoms with Crippen molar-refractivity contribution in [2.24, 2.45) is 0 Å². The monoisotopic (exact) mass is 1200 g/mol. The van der Waals surface area contributed by atoms with Crippen molar-refractivity contribution in [3.8, 4) is 22.5 Å². The minimum absolute atomic E-state index is 0.114. The number of benzene rings is 4. The first-order valence-electron chi connectivity index (χ1n) is 29.4. The number of aliphatic hydroxyl groups is 2. The molecule has 1 amide bonds. The van der Waals surface area contributed by atoms with Crippen molar-refractivity contribution < 1.29 is 28.5 Å². The van der Waals surface area contributed by atoms with E-state index in [1.54, 1.807) is 24.9 Å². The first kappa shape index (κ1) is 62.1. The van der Waals surface area contributed by atoms with Crippen LogP contribution in [-0.2, 0) is 17.8 Å². The number of pyridine rings is 1. The van der Waals surface area contributed by atoms with Crippen LogP contribution in [0.5, 0.6) is 0 Å². The van der Waals surface area contributed by atoms with Crippen molar-refractivity contribution in [1.29, 1.82) is 0 Å². The summed E-state index contributed by atoms with van der Waals surface area (Å²) in [7, 11) is 2.16. The molecule has 458 valence electrons. The number of nitrogens with two attached hydrogens (primary N) is 1. The fourth-order valence-corrected chi connectivity index (χ4v) is 10.6. The van der Waals surface area contributed by atoms with Gasteiger partial charge < -0.3 is 51.4 Å². The molecule has 0 radical (unpaired) electrons. The number of ether oxygens (including phenoxy) is 1. The van der Waals surface area contributed by atoms with E-state index in [4.69, 9.17) is 15.6 Å². The number of aryl methyl sites for hydroxylation is 1. The molecule has 3 saturated heterocycles. The van der Waals surface area contributed by atoms with Crippen molar-refractivity contribution in [2.75, 3.05) is 94.2 Å². The number of nitrogen functional groups attached to an aromatic ring is 1. The Morgan fingerprint density at radius 2 is 1.50 bits per heavy atom. The summed E-state index contributed by atoms with van der Waals surface area (Å²) in [6, 6.07) is 42.1. The van der Waals surface area contributed by atoms with E-state index in [2.05, 4.69) is 146 Å². The van der Waals surface area contributed by atoms with E-state index in [-0.39, 0.29) is 17.8 Å². The number of H-pyrrole nitrogens is 1. The van der Waals surface area contributed by atoms with Gasteiger partial charge in [-0.15, -0.1) is 0 Å². The highest BCUT2D eigenvalue weighted by atomic mass is 19.3. The third-order valence-corrected chi connectivity index (χ3v) is 15.9. The number of aromatic nitrogens is 8. The number of carbonyl (C=O) groups excluding carboxylic acids is 1. The summed E-state index contributed by atoms with van der Waals surface area (Å²) in [6.07, 6.45) is 2.14. The fraction of sp³-hybridized carbons (Fsp3) is 0.323. The van der Waals surface area contributed by atoms with Gasteiger partial charge in [0.2, 0.25) is 12.2 Å². The molecule has 23 heteroatoms. The fourth-order valence-electron chi connectivity index (χ4n) is 10.6. The Labute approximate surface area is 509 Å². The minimum Gasteiger partial charge on any atom is -0.394 e. The molecule has 0 bridgehead atoms. The third kappa shape index (κ3) is 15.6. The molecule has 88 heavy (non-hydrogen) atoms. The highest BCUT2D eigenvalue weighted by Gasteiger charge is 2.59. The lowest BCUT2D eigenvalue weighted by molar-refractivity contribution is -0.140. The number of aliphatic hydroxyl groups excluding tert-OH is 2. The van der Waals surface area contributed by atoms with Crippen LogP contribution >= 0.6 is 0 Å². The number of hydrogen-bond acceptors (Lipinski definition) is 18. The molecule has 21 nitrogen and oxygen atoms in total. The standard InChI is InChI=1S/C29H31N7O.C27H32N6.C9H11F2N3O4/c1-21-5-10-25(18-27(21)34-29-31-13-11-26(33-29)24-4-3-12-30-19-24)32-28(37)23-8-6-22(7-9-23)20-36-16-14-35(2)15-17-36;1-3-32-13-15-33(16-14-32)18-21-9-11-23(12-10-21)25-17-24-26(28-19-29-27(24)31-25)30-20(2)22-7-5-4-6-8-22;10-9(11)6(16)4(3-15)18-7(9)14-2-1-5(12)13-8(14)17/h3-13,18-19H,14-17,20H2,1-2H3,(H,32,37)(H,31,33,34);4-12,17,19-20H,3,13-16,18H2,1-2H3,(H2,28,29,30,31);1-2,4,6-7,15-16H,3H2,(H2,12,13,17)/t;20-;4-,6-,7-/m.11/s1. The molecule has 9 aromatic rings. The number of piperazine rings is 2. The second-order valence-corrected chi connectivity index (χ2v) is 22.1. The highest BCUT2D eigenvalue weighted by Crippen LogP contribution is 2.42. The molecule has 4 atom stereocenters. The van der Waals surface area contributed by atoms with Crippen molar-refractivity contribution in [3.05, 3.63) is 197 Å². The summed E-state index contributed by atoms with van der Waals surface area (Å²) in [5.74, 6) is -2.65. The van der Waals surface area contributed by atoms with Crippen LogP contribution in [-0.4, -0.2) is 166 Å². The molecule has 3 aliphatic rings. The zero-order valence-electron chi connectivity index (χ0n) is 49.7. The molecular weight excluding hydrogens is 1120 g/mol. The number of nitrogens with one attached hydrogen (secondary N) is 4. The Morgan fingerprint density at radius 1 is 0.807 bits per heavy atom. The van der Waals surface area contributed by atoms with E-state index in [9.17, 15) is 23.5 Å². The number of hydrogen-bond donors (Lipinski definition) is 7. The van der Waals surface area contributed by atoms with Gasteiger partial charge in [-0.25, -0.2) is 24.7 Å². The van der Waals surface area contributed by atoms with Crippen LogP contribution < -0.4 is 27.4 Å². The summed E-state index contributed by atoms with van der Waals surface area (Å²) in [4.78, 5) is 63.1. The number of halogens is 2. The normalized spacial score (nSPS) is 18.3. The largest absolute Gasteiger partial charge is 0.394 e. The maximum atomic E-state index is 13.7. The van der Waals surface area contributed by atoms with Crippen LogP contribution in [0.15, 0.2) is 163 Å². The maximum Gasteiger partial charge on any atom is 0.351 e. The van der Waals surface area contributed by atoms with E-state index >= 15 is 0 Å². The molecule has 0 aliphatic carbocycles. The Hall–Kier alpha value is -8.94. The van der Waals surface area contributed by atoms with Crippen LogP contribution in [0.1, 0.15) is 58.7 Å². The van der Waals surface area contributed by atoms with Crippen molar-refractivity contribution in [3.63, 3.8) is 0 Å². The lowest BCUT2D eigenvalue weighted by atomic mass is 10.1. The molecule has 12 rings (SSSR count). The summed E-state index contributed by atoms with van der Waals surface area (Å²) < 4.78 is 32.7. The number of fused-ring (bicyclic) bond motifs is 1. The van der Waals surface area contributed by atoms with Crippen LogP contribution in [0, 0.1) is 6.92 Å². The second-order valence-electron chi connectivity index (χ2n) is 22.1. The van der Waals surface area contributed by atoms with Gasteiger partial charge in [0.1, 0.15) is 29.7 Å². The number of rotatable bonds is 16. The number of nitrogens with zero attached hydrogens (tertiary/aromatic N) is 11. The van der Waals surface area contributed by atoms with Gasteiger partial charge in [-0.05, 0) is 110 Å². The highest BCUT2D eigenvalue weighted by molar-refractivity contribution is 6.04.